The molecule has 0 aliphatic carbocycles. The van der Waals surface area contributed by atoms with Crippen LogP contribution in [0.2, 0.25) is 0 Å². The van der Waals surface area contributed by atoms with Gasteiger partial charge in [0.05, 0.1) is 11.4 Å². The first-order chi connectivity index (χ1) is 15.5. The van der Waals surface area contributed by atoms with E-state index in [4.69, 9.17) is 4.98 Å². The smallest absolute Gasteiger partial charge is 0.225 e. The summed E-state index contributed by atoms with van der Waals surface area (Å²) in [6.07, 6.45) is 0.404. The topological polar surface area (TPSA) is 57.8 Å². The summed E-state index contributed by atoms with van der Waals surface area (Å²) in [7, 11) is 0. The number of aryl methyl sites for hydroxylation is 2. The number of anilines is 1. The Kier molecular flexibility index (Phi) is 7.12. The van der Waals surface area contributed by atoms with E-state index >= 15 is 0 Å². The molecule has 4 nitrogen and oxygen atoms in total. The molecule has 0 spiro atoms. The molecular formula is C26H24BrN3OS. The number of imidazole rings is 1. The van der Waals surface area contributed by atoms with E-state index in [1.807, 2.05) is 24.3 Å². The molecule has 0 saturated carbocycles. The summed E-state index contributed by atoms with van der Waals surface area (Å²) in [6, 6.07) is 24.4. The number of aromatic amines is 1. The Morgan fingerprint density at radius 2 is 1.50 bits per heavy atom. The molecule has 1 aromatic heterocycles. The lowest BCUT2D eigenvalue weighted by molar-refractivity contribution is -0.115. The minimum absolute atomic E-state index is 0.0103. The highest BCUT2D eigenvalue weighted by molar-refractivity contribution is 9.10. The summed E-state index contributed by atoms with van der Waals surface area (Å²) in [4.78, 5) is 20.6. The highest BCUT2D eigenvalue weighted by Crippen LogP contribution is 2.33. The van der Waals surface area contributed by atoms with Gasteiger partial charge in [0.2, 0.25) is 5.91 Å². The van der Waals surface area contributed by atoms with Crippen molar-refractivity contribution in [3.63, 3.8) is 0 Å². The SMILES string of the molecule is Cc1ccc(-c2nc(SCCC(=O)Nc3ccc(Br)cc3)[nH]c2-c2ccc(C)cc2)cc1. The van der Waals surface area contributed by atoms with Gasteiger partial charge in [-0.1, -0.05) is 87.3 Å². The third-order valence-electron chi connectivity index (χ3n) is 5.04. The average Bonchev–Trinajstić information content (AvgIpc) is 3.20. The maximum absolute atomic E-state index is 12.3. The number of hydrogen-bond donors (Lipinski definition) is 2. The molecular weight excluding hydrogens is 482 g/mol. The largest absolute Gasteiger partial charge is 0.332 e. The van der Waals surface area contributed by atoms with Crippen LogP contribution >= 0.6 is 27.7 Å². The average molecular weight is 506 g/mol. The number of aromatic nitrogens is 2. The van der Waals surface area contributed by atoms with Gasteiger partial charge in [0.1, 0.15) is 0 Å². The van der Waals surface area contributed by atoms with Gasteiger partial charge in [0.25, 0.3) is 0 Å². The van der Waals surface area contributed by atoms with Gasteiger partial charge in [0.15, 0.2) is 5.16 Å². The van der Waals surface area contributed by atoms with E-state index in [1.54, 1.807) is 11.8 Å². The van der Waals surface area contributed by atoms with Gasteiger partial charge in [-0.25, -0.2) is 4.98 Å². The molecule has 0 unspecified atom stereocenters. The van der Waals surface area contributed by atoms with Crippen molar-refractivity contribution in [2.45, 2.75) is 25.4 Å². The van der Waals surface area contributed by atoms with E-state index in [0.717, 1.165) is 37.8 Å². The monoisotopic (exact) mass is 505 g/mol. The number of hydrogen-bond acceptors (Lipinski definition) is 3. The molecule has 0 bridgehead atoms. The van der Waals surface area contributed by atoms with Crippen molar-refractivity contribution in [3.8, 4) is 22.5 Å². The Morgan fingerprint density at radius 3 is 2.12 bits per heavy atom. The molecule has 0 aliphatic rings. The van der Waals surface area contributed by atoms with Crippen molar-refractivity contribution in [2.75, 3.05) is 11.1 Å². The Hall–Kier alpha value is -2.83. The van der Waals surface area contributed by atoms with Crippen LogP contribution in [0, 0.1) is 13.8 Å². The Morgan fingerprint density at radius 1 is 0.906 bits per heavy atom. The maximum Gasteiger partial charge on any atom is 0.225 e. The van der Waals surface area contributed by atoms with Crippen LogP contribution in [0.25, 0.3) is 22.5 Å². The van der Waals surface area contributed by atoms with Crippen LogP contribution in [-0.4, -0.2) is 21.6 Å². The number of nitrogens with zero attached hydrogens (tertiary/aromatic N) is 1. The van der Waals surface area contributed by atoms with Gasteiger partial charge < -0.3 is 10.3 Å². The molecule has 0 radical (unpaired) electrons. The molecule has 32 heavy (non-hydrogen) atoms. The molecule has 0 atom stereocenters. The molecule has 162 valence electrons. The number of H-pyrrole nitrogens is 1. The first kappa shape index (κ1) is 22.4. The number of amides is 1. The summed E-state index contributed by atoms with van der Waals surface area (Å²) < 4.78 is 0.984. The van der Waals surface area contributed by atoms with Crippen molar-refractivity contribution in [1.82, 2.24) is 9.97 Å². The molecule has 0 saturated heterocycles. The Labute approximate surface area is 201 Å². The fraction of sp³-hybridized carbons (Fsp3) is 0.154. The lowest BCUT2D eigenvalue weighted by Crippen LogP contribution is -2.12. The minimum atomic E-state index is -0.0103. The van der Waals surface area contributed by atoms with Crippen molar-refractivity contribution in [2.24, 2.45) is 0 Å². The molecule has 3 aromatic carbocycles. The van der Waals surface area contributed by atoms with Gasteiger partial charge in [-0.2, -0.15) is 0 Å². The zero-order valence-corrected chi connectivity index (χ0v) is 20.4. The predicted octanol–water partition coefficient (Wildman–Crippen LogP) is 7.24. The van der Waals surface area contributed by atoms with Crippen molar-refractivity contribution in [3.05, 3.63) is 88.4 Å². The summed E-state index contributed by atoms with van der Waals surface area (Å²) in [5.41, 5.74) is 7.32. The second-order valence-corrected chi connectivity index (χ2v) is 9.65. The molecule has 0 fully saturated rings. The standard InChI is InChI=1S/C26H24BrN3OS/c1-17-3-7-19(8-4-17)24-25(20-9-5-18(2)6-10-20)30-26(29-24)32-16-15-23(31)28-22-13-11-21(27)12-14-22/h3-14H,15-16H2,1-2H3,(H,28,31)(H,29,30). The van der Waals surface area contributed by atoms with Crippen LogP contribution in [0.4, 0.5) is 5.69 Å². The number of halogens is 1. The van der Waals surface area contributed by atoms with Crippen molar-refractivity contribution >= 4 is 39.3 Å². The summed E-state index contributed by atoms with van der Waals surface area (Å²) in [5, 5.41) is 3.74. The predicted molar refractivity (Wildman–Crippen MR) is 137 cm³/mol. The van der Waals surface area contributed by atoms with Crippen LogP contribution in [0.3, 0.4) is 0 Å². The quantitative estimate of drug-likeness (QED) is 0.260. The summed E-state index contributed by atoms with van der Waals surface area (Å²) in [5.74, 6) is 0.625. The normalized spacial score (nSPS) is 10.8. The van der Waals surface area contributed by atoms with Crippen LogP contribution in [0.5, 0.6) is 0 Å². The van der Waals surface area contributed by atoms with E-state index in [9.17, 15) is 4.79 Å². The zero-order valence-electron chi connectivity index (χ0n) is 18.0. The fourth-order valence-electron chi connectivity index (χ4n) is 3.27. The van der Waals surface area contributed by atoms with Crippen LogP contribution in [-0.2, 0) is 4.79 Å². The first-order valence-electron chi connectivity index (χ1n) is 10.4. The number of thioether (sulfide) groups is 1. The van der Waals surface area contributed by atoms with Gasteiger partial charge in [0, 0.05) is 33.5 Å². The Balaban J connectivity index is 1.48. The lowest BCUT2D eigenvalue weighted by atomic mass is 10.0. The molecule has 1 heterocycles. The van der Waals surface area contributed by atoms with Gasteiger partial charge in [-0.15, -0.1) is 0 Å². The van der Waals surface area contributed by atoms with Crippen LogP contribution in [0.15, 0.2) is 82.4 Å². The summed E-state index contributed by atoms with van der Waals surface area (Å²) >= 11 is 4.96. The highest BCUT2D eigenvalue weighted by atomic mass is 79.9. The van der Waals surface area contributed by atoms with E-state index in [-0.39, 0.29) is 5.91 Å². The number of rotatable bonds is 7. The second kappa shape index (κ2) is 10.2. The molecule has 6 heteroatoms. The third-order valence-corrected chi connectivity index (χ3v) is 6.45. The fourth-order valence-corrected chi connectivity index (χ4v) is 4.34. The van der Waals surface area contributed by atoms with E-state index in [2.05, 4.69) is 88.6 Å². The van der Waals surface area contributed by atoms with Gasteiger partial charge >= 0.3 is 0 Å². The minimum Gasteiger partial charge on any atom is -0.332 e. The van der Waals surface area contributed by atoms with Gasteiger partial charge in [-0.3, -0.25) is 4.79 Å². The number of carbonyl (C=O) groups excluding carboxylic acids is 1. The molecule has 2 N–H and O–H groups in total. The van der Waals surface area contributed by atoms with Crippen LogP contribution < -0.4 is 5.32 Å². The second-order valence-electron chi connectivity index (χ2n) is 7.65. The third kappa shape index (κ3) is 5.69. The molecule has 1 amide bonds. The zero-order chi connectivity index (χ0) is 22.5. The van der Waals surface area contributed by atoms with Crippen molar-refractivity contribution < 1.29 is 4.79 Å². The highest BCUT2D eigenvalue weighted by Gasteiger charge is 2.15. The number of benzene rings is 3. The summed E-state index contributed by atoms with van der Waals surface area (Å²) in [6.45, 7) is 4.16. The number of nitrogens with one attached hydrogen (secondary N) is 2. The molecule has 4 rings (SSSR count). The first-order valence-corrected chi connectivity index (χ1v) is 12.2. The number of carbonyl (C=O) groups is 1. The molecule has 0 aliphatic heterocycles. The van der Waals surface area contributed by atoms with E-state index < -0.39 is 0 Å². The van der Waals surface area contributed by atoms with Gasteiger partial charge in [-0.05, 0) is 38.1 Å². The van der Waals surface area contributed by atoms with E-state index in [1.165, 1.54) is 11.1 Å². The lowest BCUT2D eigenvalue weighted by Gasteiger charge is -2.04. The maximum atomic E-state index is 12.3. The van der Waals surface area contributed by atoms with Crippen LogP contribution in [0.1, 0.15) is 17.5 Å². The Bertz CT molecular complexity index is 1140. The molecule has 4 aromatic rings. The van der Waals surface area contributed by atoms with Crippen molar-refractivity contribution in [1.29, 1.82) is 0 Å². The van der Waals surface area contributed by atoms with E-state index in [0.29, 0.717) is 12.2 Å².